The van der Waals surface area contributed by atoms with E-state index in [1.54, 1.807) is 0 Å². The highest BCUT2D eigenvalue weighted by atomic mass is 16.6. The maximum absolute atomic E-state index is 12.7. The normalized spacial score (nSPS) is 12.2. The molecule has 0 spiro atoms. The van der Waals surface area contributed by atoms with Crippen molar-refractivity contribution in [1.82, 2.24) is 16.2 Å². The van der Waals surface area contributed by atoms with Crippen LogP contribution in [0.5, 0.6) is 0 Å². The summed E-state index contributed by atoms with van der Waals surface area (Å²) in [5, 5.41) is 11.3. The Morgan fingerprint density at radius 1 is 0.829 bits per heavy atom. The number of ether oxygens (including phenoxy) is 2. The second kappa shape index (κ2) is 13.1. The van der Waals surface area contributed by atoms with E-state index in [2.05, 4.69) is 22.7 Å². The first-order valence-electron chi connectivity index (χ1n) is 12.6. The Morgan fingerprint density at radius 2 is 1.41 bits per heavy atom. The number of alkyl carbamates (subject to hydrolysis) is 1. The van der Waals surface area contributed by atoms with Crippen molar-refractivity contribution >= 4 is 29.8 Å². The van der Waals surface area contributed by atoms with E-state index < -0.39 is 42.3 Å². The van der Waals surface area contributed by atoms with Gasteiger partial charge in [0.2, 0.25) is 5.91 Å². The van der Waals surface area contributed by atoms with Gasteiger partial charge in [-0.1, -0.05) is 61.2 Å². The fraction of sp³-hybridized carbons (Fsp3) is 0.167. The summed E-state index contributed by atoms with van der Waals surface area (Å²) in [4.78, 5) is 61.0. The van der Waals surface area contributed by atoms with Crippen molar-refractivity contribution in [1.29, 1.82) is 0 Å². The zero-order chi connectivity index (χ0) is 29.4. The first-order chi connectivity index (χ1) is 19.8. The van der Waals surface area contributed by atoms with E-state index in [9.17, 15) is 24.0 Å². The van der Waals surface area contributed by atoms with Crippen LogP contribution in [-0.4, -0.2) is 54.2 Å². The molecule has 1 aliphatic rings. The number of nitrogens with one attached hydrogen (secondary N) is 3. The summed E-state index contributed by atoms with van der Waals surface area (Å²) in [6.07, 6.45) is -0.167. The van der Waals surface area contributed by atoms with Gasteiger partial charge in [0.15, 0.2) is 0 Å². The van der Waals surface area contributed by atoms with Crippen molar-refractivity contribution in [3.05, 3.63) is 108 Å². The van der Waals surface area contributed by atoms with Crippen LogP contribution in [0.3, 0.4) is 0 Å². The molecule has 0 aliphatic heterocycles. The third-order valence-electron chi connectivity index (χ3n) is 6.36. The van der Waals surface area contributed by atoms with Crippen molar-refractivity contribution < 1.29 is 38.6 Å². The van der Waals surface area contributed by atoms with E-state index in [1.807, 2.05) is 48.5 Å². The van der Waals surface area contributed by atoms with E-state index >= 15 is 0 Å². The molecular weight excluding hydrogens is 530 g/mol. The summed E-state index contributed by atoms with van der Waals surface area (Å²) in [5.74, 6) is -3.78. The molecule has 0 aromatic heterocycles. The van der Waals surface area contributed by atoms with Crippen molar-refractivity contribution in [2.75, 3.05) is 13.2 Å². The molecule has 3 aromatic carbocycles. The zero-order valence-electron chi connectivity index (χ0n) is 21.8. The number of hydrogen-bond donors (Lipinski definition) is 4. The number of esters is 1. The van der Waals surface area contributed by atoms with E-state index in [0.29, 0.717) is 0 Å². The maximum atomic E-state index is 12.7. The van der Waals surface area contributed by atoms with Gasteiger partial charge in [-0.25, -0.2) is 14.4 Å². The number of hydrazine groups is 1. The molecule has 4 rings (SSSR count). The average Bonchev–Trinajstić information content (AvgIpc) is 3.30. The molecule has 3 aromatic rings. The molecule has 210 valence electrons. The minimum Gasteiger partial charge on any atom is -0.478 e. The molecule has 0 saturated carbocycles. The number of carboxylic acids is 1. The van der Waals surface area contributed by atoms with Crippen LogP contribution < -0.4 is 16.2 Å². The number of carbonyl (C=O) groups is 5. The number of rotatable bonds is 10. The van der Waals surface area contributed by atoms with E-state index in [1.165, 1.54) is 30.3 Å². The summed E-state index contributed by atoms with van der Waals surface area (Å²) < 4.78 is 10.5. The van der Waals surface area contributed by atoms with Crippen molar-refractivity contribution in [2.45, 2.75) is 18.4 Å². The summed E-state index contributed by atoms with van der Waals surface area (Å²) in [6, 6.07) is 19.2. The molecule has 1 aliphatic carbocycles. The lowest BCUT2D eigenvalue weighted by atomic mass is 9.98. The molecule has 3 amide bonds. The minimum absolute atomic E-state index is 0.00277. The Bertz CT molecular complexity index is 1440. The SMILES string of the molecule is C=CCOC(=O)C(CC(=O)NNC(=O)c1ccc(C(=O)O)cc1)NC(=O)OCC1c2ccccc2-c2ccccc21. The molecule has 1 atom stereocenters. The predicted molar refractivity (Wildman–Crippen MR) is 147 cm³/mol. The van der Waals surface area contributed by atoms with Crippen LogP contribution in [0.15, 0.2) is 85.5 Å². The molecule has 41 heavy (non-hydrogen) atoms. The number of hydrogen-bond acceptors (Lipinski definition) is 7. The third kappa shape index (κ3) is 6.95. The van der Waals surface area contributed by atoms with Crippen LogP contribution in [-0.2, 0) is 19.1 Å². The van der Waals surface area contributed by atoms with Gasteiger partial charge in [0.05, 0.1) is 12.0 Å². The standard InChI is InChI=1S/C30H27N3O8/c1-2-15-40-29(38)25(16-26(34)32-33-27(35)18-11-13-19(14-12-18)28(36)37)31-30(39)41-17-24-22-9-5-3-7-20(22)21-8-4-6-10-23(21)24/h2-14,24-25H,1,15-17H2,(H,31,39)(H,32,34)(H,33,35)(H,36,37). The van der Waals surface area contributed by atoms with Gasteiger partial charge in [0, 0.05) is 11.5 Å². The van der Waals surface area contributed by atoms with Gasteiger partial charge < -0.3 is 19.9 Å². The molecule has 11 nitrogen and oxygen atoms in total. The number of carbonyl (C=O) groups excluding carboxylic acids is 4. The molecule has 0 bridgehead atoms. The highest BCUT2D eigenvalue weighted by Gasteiger charge is 2.30. The number of aromatic carboxylic acids is 1. The second-order valence-electron chi connectivity index (χ2n) is 9.03. The smallest absolute Gasteiger partial charge is 0.407 e. The summed E-state index contributed by atoms with van der Waals surface area (Å²) in [5.41, 5.74) is 8.54. The fourth-order valence-corrected chi connectivity index (χ4v) is 4.42. The first kappa shape index (κ1) is 28.6. The van der Waals surface area contributed by atoms with E-state index in [4.69, 9.17) is 14.6 Å². The van der Waals surface area contributed by atoms with Gasteiger partial charge in [-0.3, -0.25) is 20.4 Å². The molecule has 0 heterocycles. The van der Waals surface area contributed by atoms with Gasteiger partial charge >= 0.3 is 18.0 Å². The Balaban J connectivity index is 1.35. The fourth-order valence-electron chi connectivity index (χ4n) is 4.42. The highest BCUT2D eigenvalue weighted by Crippen LogP contribution is 2.44. The van der Waals surface area contributed by atoms with Crippen LogP contribution in [0.25, 0.3) is 11.1 Å². The Hall–Kier alpha value is -5.45. The second-order valence-corrected chi connectivity index (χ2v) is 9.03. The Morgan fingerprint density at radius 3 is 2.00 bits per heavy atom. The monoisotopic (exact) mass is 557 g/mol. The van der Waals surface area contributed by atoms with Gasteiger partial charge in [-0.2, -0.15) is 0 Å². The van der Waals surface area contributed by atoms with Crippen LogP contribution >= 0.6 is 0 Å². The lowest BCUT2D eigenvalue weighted by molar-refractivity contribution is -0.146. The molecule has 0 radical (unpaired) electrons. The zero-order valence-corrected chi connectivity index (χ0v) is 21.8. The van der Waals surface area contributed by atoms with Gasteiger partial charge in [-0.05, 0) is 46.5 Å². The minimum atomic E-state index is -1.42. The average molecular weight is 558 g/mol. The summed E-state index contributed by atoms with van der Waals surface area (Å²) >= 11 is 0. The lowest BCUT2D eigenvalue weighted by Crippen LogP contribution is -2.48. The van der Waals surface area contributed by atoms with E-state index in [-0.39, 0.29) is 30.3 Å². The number of fused-ring (bicyclic) bond motifs is 3. The maximum Gasteiger partial charge on any atom is 0.407 e. The van der Waals surface area contributed by atoms with Crippen LogP contribution in [0, 0.1) is 0 Å². The lowest BCUT2D eigenvalue weighted by Gasteiger charge is -2.19. The molecule has 0 saturated heterocycles. The molecule has 1 unspecified atom stereocenters. The molecule has 4 N–H and O–H groups in total. The van der Waals surface area contributed by atoms with Crippen LogP contribution in [0.2, 0.25) is 0 Å². The third-order valence-corrected chi connectivity index (χ3v) is 6.36. The van der Waals surface area contributed by atoms with Crippen LogP contribution in [0.1, 0.15) is 44.2 Å². The highest BCUT2D eigenvalue weighted by molar-refractivity contribution is 5.97. The van der Waals surface area contributed by atoms with Gasteiger partial charge in [0.25, 0.3) is 5.91 Å². The quantitative estimate of drug-likeness (QED) is 0.168. The largest absolute Gasteiger partial charge is 0.478 e. The number of benzene rings is 3. The van der Waals surface area contributed by atoms with Crippen molar-refractivity contribution in [2.24, 2.45) is 0 Å². The Kier molecular flexibility index (Phi) is 9.10. The predicted octanol–water partition coefficient (Wildman–Crippen LogP) is 3.17. The molecule has 0 fully saturated rings. The number of carboxylic acid groups (broad SMARTS) is 1. The first-order valence-corrected chi connectivity index (χ1v) is 12.6. The van der Waals surface area contributed by atoms with Gasteiger partial charge in [-0.15, -0.1) is 0 Å². The van der Waals surface area contributed by atoms with Crippen molar-refractivity contribution in [3.63, 3.8) is 0 Å². The number of amides is 3. The summed E-state index contributed by atoms with van der Waals surface area (Å²) in [7, 11) is 0. The summed E-state index contributed by atoms with van der Waals surface area (Å²) in [6.45, 7) is 3.32. The van der Waals surface area contributed by atoms with Gasteiger partial charge in [0.1, 0.15) is 19.3 Å². The Labute approximate surface area is 235 Å². The molecular formula is C30H27N3O8. The topological polar surface area (TPSA) is 160 Å². The van der Waals surface area contributed by atoms with E-state index in [0.717, 1.165) is 22.3 Å². The van der Waals surface area contributed by atoms with Crippen molar-refractivity contribution in [3.8, 4) is 11.1 Å². The molecule has 11 heteroatoms. The van der Waals surface area contributed by atoms with Crippen LogP contribution in [0.4, 0.5) is 4.79 Å².